The van der Waals surface area contributed by atoms with E-state index in [0.717, 1.165) is 18.4 Å². The summed E-state index contributed by atoms with van der Waals surface area (Å²) in [6.07, 6.45) is 2.31. The Kier molecular flexibility index (Phi) is 5.61. The Morgan fingerprint density at radius 2 is 2.14 bits per heavy atom. The van der Waals surface area contributed by atoms with E-state index in [2.05, 4.69) is 5.32 Å². The van der Waals surface area contributed by atoms with E-state index < -0.39 is 0 Å². The Bertz CT molecular complexity index is 633. The number of carbonyl (C=O) groups is 1. The van der Waals surface area contributed by atoms with Crippen molar-refractivity contribution in [3.05, 3.63) is 36.1 Å². The molecule has 5 heteroatoms. The minimum absolute atomic E-state index is 0.0345. The van der Waals surface area contributed by atoms with Gasteiger partial charge in [0.25, 0.3) is 0 Å². The van der Waals surface area contributed by atoms with Gasteiger partial charge in [-0.2, -0.15) is 0 Å². The van der Waals surface area contributed by atoms with Crippen LogP contribution in [0.4, 0.5) is 5.69 Å². The number of hydrogen-bond acceptors (Lipinski definition) is 4. The van der Waals surface area contributed by atoms with Gasteiger partial charge in [-0.1, -0.05) is 13.3 Å². The van der Waals surface area contributed by atoms with Crippen molar-refractivity contribution in [1.82, 2.24) is 0 Å². The zero-order valence-electron chi connectivity index (χ0n) is 12.9. The fourth-order valence-electron chi connectivity index (χ4n) is 2.13. The molecule has 1 amide bonds. The first-order valence-corrected chi connectivity index (χ1v) is 7.35. The number of ether oxygens (including phenoxy) is 1. The van der Waals surface area contributed by atoms with Crippen LogP contribution in [-0.2, 0) is 11.4 Å². The van der Waals surface area contributed by atoms with Crippen LogP contribution in [0.15, 0.2) is 34.7 Å². The minimum Gasteiger partial charge on any atom is -0.495 e. The predicted octanol–water partition coefficient (Wildman–Crippen LogP) is 3.58. The van der Waals surface area contributed by atoms with E-state index in [9.17, 15) is 4.79 Å². The van der Waals surface area contributed by atoms with Gasteiger partial charge in [-0.25, -0.2) is 0 Å². The van der Waals surface area contributed by atoms with Gasteiger partial charge in [-0.15, -0.1) is 0 Å². The molecule has 118 valence electrons. The second-order valence-corrected chi connectivity index (χ2v) is 4.99. The van der Waals surface area contributed by atoms with Gasteiger partial charge in [-0.05, 0) is 36.8 Å². The number of aliphatic hydroxyl groups excluding tert-OH is 1. The molecule has 5 nitrogen and oxygen atoms in total. The Morgan fingerprint density at radius 1 is 1.32 bits per heavy atom. The van der Waals surface area contributed by atoms with Crippen LogP contribution in [0.3, 0.4) is 0 Å². The number of amides is 1. The molecule has 0 aliphatic heterocycles. The van der Waals surface area contributed by atoms with Crippen molar-refractivity contribution in [3.8, 4) is 17.1 Å². The highest BCUT2D eigenvalue weighted by Crippen LogP contribution is 2.31. The summed E-state index contributed by atoms with van der Waals surface area (Å²) < 4.78 is 10.8. The molecule has 0 saturated heterocycles. The normalized spacial score (nSPS) is 10.5. The second-order valence-electron chi connectivity index (χ2n) is 4.99. The number of anilines is 1. The van der Waals surface area contributed by atoms with E-state index in [-0.39, 0.29) is 12.5 Å². The third-order valence-electron chi connectivity index (χ3n) is 3.33. The van der Waals surface area contributed by atoms with Crippen LogP contribution < -0.4 is 10.1 Å². The molecular formula is C17H21NO4. The molecule has 0 aliphatic carbocycles. The van der Waals surface area contributed by atoms with Gasteiger partial charge < -0.3 is 19.6 Å². The van der Waals surface area contributed by atoms with Crippen molar-refractivity contribution in [2.24, 2.45) is 0 Å². The van der Waals surface area contributed by atoms with Gasteiger partial charge in [0.2, 0.25) is 5.91 Å². The lowest BCUT2D eigenvalue weighted by atomic mass is 10.1. The number of aliphatic hydroxyl groups is 1. The molecule has 0 unspecified atom stereocenters. The molecule has 0 aliphatic rings. The van der Waals surface area contributed by atoms with E-state index in [1.54, 1.807) is 25.3 Å². The topological polar surface area (TPSA) is 71.7 Å². The van der Waals surface area contributed by atoms with Gasteiger partial charge in [-0.3, -0.25) is 4.79 Å². The maximum Gasteiger partial charge on any atom is 0.224 e. The molecule has 22 heavy (non-hydrogen) atoms. The molecule has 2 aromatic rings. The van der Waals surface area contributed by atoms with E-state index in [0.29, 0.717) is 29.4 Å². The highest BCUT2D eigenvalue weighted by Gasteiger charge is 2.11. The summed E-state index contributed by atoms with van der Waals surface area (Å²) in [6.45, 7) is 1.90. The maximum atomic E-state index is 11.9. The van der Waals surface area contributed by atoms with E-state index in [1.807, 2.05) is 19.1 Å². The third kappa shape index (κ3) is 3.89. The first-order valence-electron chi connectivity index (χ1n) is 7.35. The van der Waals surface area contributed by atoms with Crippen molar-refractivity contribution in [2.75, 3.05) is 12.4 Å². The van der Waals surface area contributed by atoms with E-state index in [4.69, 9.17) is 14.3 Å². The molecule has 2 rings (SSSR count). The van der Waals surface area contributed by atoms with E-state index in [1.165, 1.54) is 0 Å². The minimum atomic E-state index is -0.142. The van der Waals surface area contributed by atoms with Crippen LogP contribution in [0, 0.1) is 0 Å². The SMILES string of the molecule is CCCCC(=O)Nc1cc(-c2ccc(CO)o2)ccc1OC. The fourth-order valence-corrected chi connectivity index (χ4v) is 2.13. The third-order valence-corrected chi connectivity index (χ3v) is 3.33. The molecule has 1 aromatic carbocycles. The summed E-state index contributed by atoms with van der Waals surface area (Å²) in [7, 11) is 1.56. The summed E-state index contributed by atoms with van der Waals surface area (Å²) in [6, 6.07) is 8.95. The van der Waals surface area contributed by atoms with Crippen molar-refractivity contribution < 1.29 is 19.1 Å². The summed E-state index contributed by atoms with van der Waals surface area (Å²) in [5.74, 6) is 1.70. The van der Waals surface area contributed by atoms with Crippen LogP contribution in [-0.4, -0.2) is 18.1 Å². The summed E-state index contributed by atoms with van der Waals surface area (Å²) in [5, 5.41) is 11.9. The molecule has 0 fully saturated rings. The lowest BCUT2D eigenvalue weighted by Gasteiger charge is -2.11. The molecular weight excluding hydrogens is 282 g/mol. The quantitative estimate of drug-likeness (QED) is 0.820. The van der Waals surface area contributed by atoms with Gasteiger partial charge in [0.05, 0.1) is 12.8 Å². The Morgan fingerprint density at radius 3 is 2.77 bits per heavy atom. The van der Waals surface area contributed by atoms with Gasteiger partial charge in [0, 0.05) is 12.0 Å². The largest absolute Gasteiger partial charge is 0.495 e. The van der Waals surface area contributed by atoms with Crippen LogP contribution >= 0.6 is 0 Å². The fraction of sp³-hybridized carbons (Fsp3) is 0.353. The molecule has 1 heterocycles. The molecule has 0 radical (unpaired) electrons. The monoisotopic (exact) mass is 303 g/mol. The summed E-state index contributed by atoms with van der Waals surface area (Å²) in [5.41, 5.74) is 1.43. The number of methoxy groups -OCH3 is 1. The van der Waals surface area contributed by atoms with Crippen LogP contribution in [0.5, 0.6) is 5.75 Å². The Labute approximate surface area is 129 Å². The van der Waals surface area contributed by atoms with Gasteiger partial charge in [0.15, 0.2) is 0 Å². The zero-order valence-corrected chi connectivity index (χ0v) is 12.9. The molecule has 0 saturated carbocycles. The number of nitrogens with one attached hydrogen (secondary N) is 1. The van der Waals surface area contributed by atoms with Gasteiger partial charge >= 0.3 is 0 Å². The standard InChI is InChI=1S/C17H21NO4/c1-3-4-5-17(20)18-14-10-12(6-8-16(14)21-2)15-9-7-13(11-19)22-15/h6-10,19H,3-5,11H2,1-2H3,(H,18,20). The van der Waals surface area contributed by atoms with Crippen LogP contribution in [0.25, 0.3) is 11.3 Å². The average molecular weight is 303 g/mol. The number of rotatable bonds is 7. The Hall–Kier alpha value is -2.27. The molecule has 2 N–H and O–H groups in total. The smallest absolute Gasteiger partial charge is 0.224 e. The number of carbonyl (C=O) groups excluding carboxylic acids is 1. The summed E-state index contributed by atoms with van der Waals surface area (Å²) in [4.78, 5) is 11.9. The van der Waals surface area contributed by atoms with Crippen molar-refractivity contribution in [3.63, 3.8) is 0 Å². The van der Waals surface area contributed by atoms with E-state index >= 15 is 0 Å². The summed E-state index contributed by atoms with van der Waals surface area (Å²) >= 11 is 0. The molecule has 1 aromatic heterocycles. The van der Waals surface area contributed by atoms with Crippen molar-refractivity contribution >= 4 is 11.6 Å². The Balaban J connectivity index is 2.23. The number of hydrogen-bond donors (Lipinski definition) is 2. The molecule has 0 atom stereocenters. The number of furan rings is 1. The van der Waals surface area contributed by atoms with Crippen molar-refractivity contribution in [2.45, 2.75) is 32.8 Å². The molecule has 0 spiro atoms. The number of benzene rings is 1. The first kappa shape index (κ1) is 16.1. The highest BCUT2D eigenvalue weighted by atomic mass is 16.5. The lowest BCUT2D eigenvalue weighted by Crippen LogP contribution is -2.11. The van der Waals surface area contributed by atoms with Gasteiger partial charge in [0.1, 0.15) is 23.9 Å². The average Bonchev–Trinajstić information content (AvgIpc) is 3.02. The zero-order chi connectivity index (χ0) is 15.9. The van der Waals surface area contributed by atoms with Crippen molar-refractivity contribution in [1.29, 1.82) is 0 Å². The highest BCUT2D eigenvalue weighted by molar-refractivity contribution is 5.93. The second kappa shape index (κ2) is 7.66. The van der Waals surface area contributed by atoms with Crippen LogP contribution in [0.1, 0.15) is 31.9 Å². The van der Waals surface area contributed by atoms with Crippen LogP contribution in [0.2, 0.25) is 0 Å². The predicted molar refractivity (Wildman–Crippen MR) is 84.8 cm³/mol. The lowest BCUT2D eigenvalue weighted by molar-refractivity contribution is -0.116. The number of unbranched alkanes of at least 4 members (excludes halogenated alkanes) is 1. The molecule has 0 bridgehead atoms. The maximum absolute atomic E-state index is 11.9. The first-order chi connectivity index (χ1) is 10.7.